The van der Waals surface area contributed by atoms with Crippen LogP contribution in [0.15, 0.2) is 0 Å². The third-order valence-electron chi connectivity index (χ3n) is 2.16. The van der Waals surface area contributed by atoms with Crippen molar-refractivity contribution in [3.05, 3.63) is 0 Å². The average Bonchev–Trinajstić information content (AvgIpc) is 2.41. The molecule has 1 fully saturated rings. The number of hydrogen-bond acceptors (Lipinski definition) is 3. The van der Waals surface area contributed by atoms with Gasteiger partial charge >= 0.3 is 0 Å². The van der Waals surface area contributed by atoms with Crippen LogP contribution in [0.4, 0.5) is 0 Å². The minimum absolute atomic E-state index is 0.0184. The first-order valence-corrected chi connectivity index (χ1v) is 6.79. The van der Waals surface area contributed by atoms with E-state index < -0.39 is 9.84 Å². The Morgan fingerprint density at radius 3 is 2.71 bits per heavy atom. The number of hydrogen-bond donors (Lipinski definition) is 1. The van der Waals surface area contributed by atoms with Gasteiger partial charge in [-0.3, -0.25) is 4.79 Å². The molecule has 0 bridgehead atoms. The van der Waals surface area contributed by atoms with E-state index in [0.29, 0.717) is 13.0 Å². The third kappa shape index (κ3) is 3.46. The molecule has 1 N–H and O–H groups in total. The zero-order valence-corrected chi connectivity index (χ0v) is 9.57. The molecule has 0 aromatic rings. The Hall–Kier alpha value is -0.290. The molecule has 0 radical (unpaired) electrons. The maximum absolute atomic E-state index is 11.4. The second-order valence-electron chi connectivity index (χ2n) is 3.63. The summed E-state index contributed by atoms with van der Waals surface area (Å²) in [5.74, 6) is -0.467. The largest absolute Gasteiger partial charge is 0.354 e. The number of carbonyl (C=O) groups is 1. The first-order valence-electron chi connectivity index (χ1n) is 4.53. The molecule has 1 aliphatic heterocycles. The molecule has 14 heavy (non-hydrogen) atoms. The Bertz CT molecular complexity index is 313. The van der Waals surface area contributed by atoms with Gasteiger partial charge in [0.05, 0.1) is 17.4 Å². The molecule has 1 heterocycles. The van der Waals surface area contributed by atoms with E-state index in [2.05, 4.69) is 5.32 Å². The van der Waals surface area contributed by atoms with Gasteiger partial charge in [-0.25, -0.2) is 8.42 Å². The summed E-state index contributed by atoms with van der Waals surface area (Å²) in [5.41, 5.74) is 0. The number of sulfone groups is 1. The lowest BCUT2D eigenvalue weighted by Crippen LogP contribution is -2.34. The summed E-state index contributed by atoms with van der Waals surface area (Å²) in [4.78, 5) is 11.4. The minimum Gasteiger partial charge on any atom is -0.354 e. The minimum atomic E-state index is -2.97. The van der Waals surface area contributed by atoms with Crippen LogP contribution in [-0.2, 0) is 14.6 Å². The van der Waals surface area contributed by atoms with E-state index in [1.165, 1.54) is 0 Å². The van der Waals surface area contributed by atoms with Crippen molar-refractivity contribution in [2.24, 2.45) is 5.92 Å². The average molecular weight is 240 g/mol. The zero-order valence-electron chi connectivity index (χ0n) is 7.99. The highest BCUT2D eigenvalue weighted by atomic mass is 35.5. The summed E-state index contributed by atoms with van der Waals surface area (Å²) in [7, 11) is -2.97. The lowest BCUT2D eigenvalue weighted by atomic mass is 10.1. The highest BCUT2D eigenvalue weighted by Crippen LogP contribution is 2.18. The number of rotatable bonds is 3. The highest BCUT2D eigenvalue weighted by Gasteiger charge is 2.32. The molecule has 1 aliphatic rings. The molecule has 1 rings (SSSR count). The van der Waals surface area contributed by atoms with E-state index in [4.69, 9.17) is 11.6 Å². The summed E-state index contributed by atoms with van der Waals surface area (Å²) in [6.07, 6.45) is 0.435. The second-order valence-corrected chi connectivity index (χ2v) is 6.60. The molecule has 4 nitrogen and oxygen atoms in total. The quantitative estimate of drug-likeness (QED) is 0.714. The molecule has 6 heteroatoms. The number of alkyl halides is 1. The fraction of sp³-hybridized carbons (Fsp3) is 0.875. The van der Waals surface area contributed by atoms with E-state index in [1.54, 1.807) is 6.92 Å². The normalized spacial score (nSPS) is 27.1. The maximum atomic E-state index is 11.4. The third-order valence-corrected chi connectivity index (χ3v) is 4.08. The van der Waals surface area contributed by atoms with Gasteiger partial charge in [0.2, 0.25) is 5.91 Å². The maximum Gasteiger partial charge on any atom is 0.224 e. The Morgan fingerprint density at radius 1 is 1.64 bits per heavy atom. The molecule has 0 saturated carbocycles. The Labute approximate surface area is 88.9 Å². The Balaban J connectivity index is 2.40. The predicted octanol–water partition coefficient (Wildman–Crippen LogP) is 0.165. The molecule has 82 valence electrons. The van der Waals surface area contributed by atoms with Gasteiger partial charge in [-0.05, 0) is 13.3 Å². The number of amides is 1. The van der Waals surface area contributed by atoms with Gasteiger partial charge in [0, 0.05) is 11.9 Å². The van der Waals surface area contributed by atoms with Gasteiger partial charge in [-0.15, -0.1) is 11.6 Å². The lowest BCUT2D eigenvalue weighted by molar-refractivity contribution is -0.124. The summed E-state index contributed by atoms with van der Waals surface area (Å²) in [6, 6.07) is 0. The van der Waals surface area contributed by atoms with Crippen molar-refractivity contribution in [3.8, 4) is 0 Å². The monoisotopic (exact) mass is 239 g/mol. The van der Waals surface area contributed by atoms with Crippen LogP contribution >= 0.6 is 11.6 Å². The highest BCUT2D eigenvalue weighted by molar-refractivity contribution is 7.91. The van der Waals surface area contributed by atoms with Gasteiger partial charge in [-0.1, -0.05) is 0 Å². The predicted molar refractivity (Wildman–Crippen MR) is 55.1 cm³/mol. The van der Waals surface area contributed by atoms with E-state index >= 15 is 0 Å². The molecule has 2 atom stereocenters. The first-order chi connectivity index (χ1) is 6.41. The van der Waals surface area contributed by atoms with E-state index in [1.807, 2.05) is 0 Å². The molecule has 2 unspecified atom stereocenters. The fourth-order valence-corrected chi connectivity index (χ4v) is 3.21. The van der Waals surface area contributed by atoms with Crippen molar-refractivity contribution in [1.29, 1.82) is 0 Å². The van der Waals surface area contributed by atoms with Crippen molar-refractivity contribution in [2.75, 3.05) is 18.1 Å². The SMILES string of the molecule is CC(Cl)CNC(=O)C1CCS(=O)(=O)C1. The lowest BCUT2D eigenvalue weighted by Gasteiger charge is -2.09. The topological polar surface area (TPSA) is 63.2 Å². The van der Waals surface area contributed by atoms with Crippen LogP contribution in [0, 0.1) is 5.92 Å². The second kappa shape index (κ2) is 4.49. The molecule has 0 aromatic carbocycles. The fourth-order valence-electron chi connectivity index (χ4n) is 1.39. The van der Waals surface area contributed by atoms with Crippen LogP contribution in [0.2, 0.25) is 0 Å². The van der Waals surface area contributed by atoms with Crippen molar-refractivity contribution in [1.82, 2.24) is 5.32 Å². The molecule has 0 aliphatic carbocycles. The molecular weight excluding hydrogens is 226 g/mol. The number of halogens is 1. The summed E-state index contributed by atoms with van der Waals surface area (Å²) in [5, 5.41) is 2.50. The van der Waals surface area contributed by atoms with Gasteiger partial charge in [0.1, 0.15) is 0 Å². The van der Waals surface area contributed by atoms with Crippen LogP contribution in [-0.4, -0.2) is 37.8 Å². The molecule has 0 spiro atoms. The van der Waals surface area contributed by atoms with E-state index in [-0.39, 0.29) is 28.7 Å². The Morgan fingerprint density at radius 2 is 2.29 bits per heavy atom. The summed E-state index contributed by atoms with van der Waals surface area (Å²) < 4.78 is 22.2. The standard InChI is InChI=1S/C8H14ClNO3S/c1-6(9)4-10-8(11)7-2-3-14(12,13)5-7/h6-7H,2-5H2,1H3,(H,10,11). The van der Waals surface area contributed by atoms with Gasteiger partial charge < -0.3 is 5.32 Å². The smallest absolute Gasteiger partial charge is 0.224 e. The molecular formula is C8H14ClNO3S. The molecule has 0 aromatic heterocycles. The van der Waals surface area contributed by atoms with Gasteiger partial charge in [0.25, 0.3) is 0 Å². The van der Waals surface area contributed by atoms with Crippen LogP contribution in [0.3, 0.4) is 0 Å². The van der Waals surface area contributed by atoms with Crippen LogP contribution in [0.25, 0.3) is 0 Å². The Kier molecular flexibility index (Phi) is 3.78. The molecule has 1 saturated heterocycles. The van der Waals surface area contributed by atoms with Crippen molar-refractivity contribution in [3.63, 3.8) is 0 Å². The summed E-state index contributed by atoms with van der Waals surface area (Å²) >= 11 is 5.65. The van der Waals surface area contributed by atoms with Crippen LogP contribution in [0.5, 0.6) is 0 Å². The zero-order chi connectivity index (χ0) is 10.8. The van der Waals surface area contributed by atoms with Crippen molar-refractivity contribution >= 4 is 27.3 Å². The first kappa shape index (κ1) is 11.8. The van der Waals surface area contributed by atoms with Gasteiger partial charge in [-0.2, -0.15) is 0 Å². The van der Waals surface area contributed by atoms with E-state index in [9.17, 15) is 13.2 Å². The van der Waals surface area contributed by atoms with Gasteiger partial charge in [0.15, 0.2) is 9.84 Å². The molecule has 1 amide bonds. The van der Waals surface area contributed by atoms with Crippen LogP contribution in [0.1, 0.15) is 13.3 Å². The summed E-state index contributed by atoms with van der Waals surface area (Å²) in [6.45, 7) is 2.16. The van der Waals surface area contributed by atoms with Crippen LogP contribution < -0.4 is 5.32 Å². The van der Waals surface area contributed by atoms with E-state index in [0.717, 1.165) is 0 Å². The van der Waals surface area contributed by atoms with Crippen molar-refractivity contribution < 1.29 is 13.2 Å². The van der Waals surface area contributed by atoms with Crippen molar-refractivity contribution in [2.45, 2.75) is 18.7 Å². The number of nitrogens with one attached hydrogen (secondary N) is 1. The number of carbonyl (C=O) groups excluding carboxylic acids is 1.